The summed E-state index contributed by atoms with van der Waals surface area (Å²) < 4.78 is 0.791. The highest BCUT2D eigenvalue weighted by molar-refractivity contribution is 9.10. The van der Waals surface area contributed by atoms with Crippen molar-refractivity contribution in [1.82, 2.24) is 5.32 Å². The topological polar surface area (TPSA) is 75.4 Å². The quantitative estimate of drug-likeness (QED) is 0.576. The van der Waals surface area contributed by atoms with E-state index in [1.54, 1.807) is 19.1 Å². The Balaban J connectivity index is 2.62. The van der Waals surface area contributed by atoms with E-state index in [2.05, 4.69) is 21.2 Å². The lowest BCUT2D eigenvalue weighted by atomic mass is 10.1. The first-order chi connectivity index (χ1) is 8.41. The zero-order valence-electron chi connectivity index (χ0n) is 10.7. The Labute approximate surface area is 116 Å². The number of amides is 1. The number of carbonyl (C=O) groups excluding carboxylic acids is 1. The van der Waals surface area contributed by atoms with Gasteiger partial charge in [0.1, 0.15) is 0 Å². The predicted octanol–water partition coefficient (Wildman–Crippen LogP) is 2.23. The second kappa shape index (κ2) is 6.75. The molecule has 1 unspecified atom stereocenters. The van der Waals surface area contributed by atoms with Gasteiger partial charge in [0.15, 0.2) is 0 Å². The van der Waals surface area contributed by atoms with Gasteiger partial charge in [-0.05, 0) is 44.4 Å². The highest BCUT2D eigenvalue weighted by Gasteiger charge is 2.11. The third-order valence-electron chi connectivity index (χ3n) is 2.74. The fourth-order valence-corrected chi connectivity index (χ4v) is 2.11. The minimum atomic E-state index is -0.329. The average molecular weight is 315 g/mol. The molecular weight excluding hydrogens is 296 g/mol. The van der Waals surface area contributed by atoms with Gasteiger partial charge in [-0.3, -0.25) is 4.79 Å². The Hall–Kier alpha value is -1.07. The van der Waals surface area contributed by atoms with Crippen LogP contribution >= 0.6 is 15.9 Å². The summed E-state index contributed by atoms with van der Waals surface area (Å²) in [5, 5.41) is 11.9. The van der Waals surface area contributed by atoms with Crippen LogP contribution in [0.2, 0.25) is 0 Å². The normalized spacial score (nSPS) is 12.2. The van der Waals surface area contributed by atoms with Gasteiger partial charge in [-0.1, -0.05) is 15.9 Å². The lowest BCUT2D eigenvalue weighted by molar-refractivity contribution is 0.0949. The van der Waals surface area contributed by atoms with E-state index in [0.29, 0.717) is 24.2 Å². The molecule has 1 rings (SSSR count). The SMILES string of the molecule is Cc1c(N)cc(Br)cc1C(=O)NCCCC(C)O. The van der Waals surface area contributed by atoms with Crippen LogP contribution in [0.1, 0.15) is 35.7 Å². The van der Waals surface area contributed by atoms with Crippen molar-refractivity contribution in [3.05, 3.63) is 27.7 Å². The Bertz CT molecular complexity index is 433. The molecule has 0 fully saturated rings. The summed E-state index contributed by atoms with van der Waals surface area (Å²) in [5.74, 6) is -0.133. The first-order valence-corrected chi connectivity index (χ1v) is 6.73. The van der Waals surface area contributed by atoms with Crippen LogP contribution in [0.25, 0.3) is 0 Å². The summed E-state index contributed by atoms with van der Waals surface area (Å²) in [7, 11) is 0. The summed E-state index contributed by atoms with van der Waals surface area (Å²) in [6.07, 6.45) is 1.11. The van der Waals surface area contributed by atoms with Crippen molar-refractivity contribution in [1.29, 1.82) is 0 Å². The molecule has 0 aliphatic rings. The molecule has 0 radical (unpaired) electrons. The van der Waals surface area contributed by atoms with Gasteiger partial charge in [-0.25, -0.2) is 0 Å². The molecule has 0 saturated heterocycles. The van der Waals surface area contributed by atoms with Crippen molar-refractivity contribution < 1.29 is 9.90 Å². The number of nitrogens with two attached hydrogens (primary N) is 1. The molecule has 1 atom stereocenters. The second-order valence-corrected chi connectivity index (χ2v) is 5.33. The number of nitrogens with one attached hydrogen (secondary N) is 1. The van der Waals surface area contributed by atoms with Gasteiger partial charge < -0.3 is 16.2 Å². The van der Waals surface area contributed by atoms with Gasteiger partial charge in [0.2, 0.25) is 0 Å². The van der Waals surface area contributed by atoms with Crippen LogP contribution in [-0.4, -0.2) is 23.7 Å². The standard InChI is InChI=1S/C13H19BrN2O2/c1-8(17)4-3-5-16-13(18)11-6-10(14)7-12(15)9(11)2/h6-8,17H,3-5,15H2,1-2H3,(H,16,18). The number of carbonyl (C=O) groups is 1. The summed E-state index contributed by atoms with van der Waals surface area (Å²) in [6, 6.07) is 3.54. The molecule has 1 amide bonds. The smallest absolute Gasteiger partial charge is 0.251 e. The van der Waals surface area contributed by atoms with E-state index >= 15 is 0 Å². The summed E-state index contributed by atoms with van der Waals surface area (Å²) in [4.78, 5) is 12.0. The van der Waals surface area contributed by atoms with Crippen LogP contribution in [0.15, 0.2) is 16.6 Å². The molecule has 0 aromatic heterocycles. The van der Waals surface area contributed by atoms with Gasteiger partial charge in [0.25, 0.3) is 5.91 Å². The van der Waals surface area contributed by atoms with Crippen molar-refractivity contribution in [3.8, 4) is 0 Å². The van der Waals surface area contributed by atoms with Gasteiger partial charge in [-0.15, -0.1) is 0 Å². The van der Waals surface area contributed by atoms with Crippen LogP contribution in [0.5, 0.6) is 0 Å². The van der Waals surface area contributed by atoms with Gasteiger partial charge in [0.05, 0.1) is 6.10 Å². The van der Waals surface area contributed by atoms with E-state index in [4.69, 9.17) is 10.8 Å². The Morgan fingerprint density at radius 3 is 2.83 bits per heavy atom. The molecular formula is C13H19BrN2O2. The van der Waals surface area contributed by atoms with Gasteiger partial charge in [-0.2, -0.15) is 0 Å². The van der Waals surface area contributed by atoms with E-state index in [1.165, 1.54) is 0 Å². The maximum absolute atomic E-state index is 12.0. The van der Waals surface area contributed by atoms with Gasteiger partial charge >= 0.3 is 0 Å². The molecule has 0 aliphatic heterocycles. The van der Waals surface area contributed by atoms with Crippen molar-refractivity contribution in [2.45, 2.75) is 32.8 Å². The fraction of sp³-hybridized carbons (Fsp3) is 0.462. The minimum absolute atomic E-state index is 0.133. The Morgan fingerprint density at radius 1 is 1.56 bits per heavy atom. The molecule has 4 N–H and O–H groups in total. The molecule has 0 saturated carbocycles. The Morgan fingerprint density at radius 2 is 2.22 bits per heavy atom. The average Bonchev–Trinajstić information content (AvgIpc) is 2.28. The zero-order valence-corrected chi connectivity index (χ0v) is 12.3. The molecule has 5 heteroatoms. The minimum Gasteiger partial charge on any atom is -0.398 e. The summed E-state index contributed by atoms with van der Waals surface area (Å²) >= 11 is 3.32. The number of benzene rings is 1. The monoisotopic (exact) mass is 314 g/mol. The van der Waals surface area contributed by atoms with Crippen molar-refractivity contribution in [2.24, 2.45) is 0 Å². The van der Waals surface area contributed by atoms with E-state index in [0.717, 1.165) is 16.5 Å². The zero-order chi connectivity index (χ0) is 13.7. The molecule has 0 heterocycles. The summed E-state index contributed by atoms with van der Waals surface area (Å²) in [5.41, 5.74) is 7.77. The first-order valence-electron chi connectivity index (χ1n) is 5.93. The highest BCUT2D eigenvalue weighted by Crippen LogP contribution is 2.22. The number of aliphatic hydroxyl groups excluding tert-OH is 1. The second-order valence-electron chi connectivity index (χ2n) is 4.41. The lowest BCUT2D eigenvalue weighted by Crippen LogP contribution is -2.26. The van der Waals surface area contributed by atoms with E-state index in [-0.39, 0.29) is 12.0 Å². The molecule has 4 nitrogen and oxygen atoms in total. The highest BCUT2D eigenvalue weighted by atomic mass is 79.9. The van der Waals surface area contributed by atoms with Crippen LogP contribution in [0.3, 0.4) is 0 Å². The number of halogens is 1. The number of hydrogen-bond acceptors (Lipinski definition) is 3. The molecule has 0 aliphatic carbocycles. The number of aliphatic hydroxyl groups is 1. The molecule has 1 aromatic carbocycles. The largest absolute Gasteiger partial charge is 0.398 e. The van der Waals surface area contributed by atoms with E-state index in [9.17, 15) is 4.79 Å². The first kappa shape index (κ1) is 15.0. The third-order valence-corrected chi connectivity index (χ3v) is 3.20. The molecule has 0 bridgehead atoms. The Kier molecular flexibility index (Phi) is 5.62. The van der Waals surface area contributed by atoms with Crippen molar-refractivity contribution in [3.63, 3.8) is 0 Å². The number of anilines is 1. The fourth-order valence-electron chi connectivity index (χ4n) is 1.63. The van der Waals surface area contributed by atoms with Crippen LogP contribution < -0.4 is 11.1 Å². The maximum atomic E-state index is 12.0. The van der Waals surface area contributed by atoms with Crippen molar-refractivity contribution >= 4 is 27.5 Å². The van der Waals surface area contributed by atoms with E-state index in [1.807, 2.05) is 6.92 Å². The maximum Gasteiger partial charge on any atom is 0.251 e. The summed E-state index contributed by atoms with van der Waals surface area (Å²) in [6.45, 7) is 4.11. The van der Waals surface area contributed by atoms with Gasteiger partial charge in [0, 0.05) is 22.3 Å². The third kappa shape index (κ3) is 4.31. The van der Waals surface area contributed by atoms with Crippen LogP contribution in [-0.2, 0) is 0 Å². The molecule has 18 heavy (non-hydrogen) atoms. The number of hydrogen-bond donors (Lipinski definition) is 3. The molecule has 0 spiro atoms. The van der Waals surface area contributed by atoms with E-state index < -0.39 is 0 Å². The van der Waals surface area contributed by atoms with Crippen LogP contribution in [0.4, 0.5) is 5.69 Å². The van der Waals surface area contributed by atoms with Crippen molar-refractivity contribution in [2.75, 3.05) is 12.3 Å². The predicted molar refractivity (Wildman–Crippen MR) is 76.5 cm³/mol. The number of nitrogen functional groups attached to an aromatic ring is 1. The number of rotatable bonds is 5. The van der Waals surface area contributed by atoms with Crippen LogP contribution in [0, 0.1) is 6.92 Å². The lowest BCUT2D eigenvalue weighted by Gasteiger charge is -2.10. The molecule has 100 valence electrons. The molecule has 1 aromatic rings.